The van der Waals surface area contributed by atoms with Crippen LogP contribution >= 0.6 is 0 Å². The van der Waals surface area contributed by atoms with Crippen LogP contribution in [0.4, 0.5) is 0 Å². The zero-order valence-corrected chi connectivity index (χ0v) is 12.5. The zero-order valence-electron chi connectivity index (χ0n) is 12.5. The molecule has 0 saturated heterocycles. The molecule has 1 heterocycles. The Hall–Kier alpha value is -2.70. The zero-order chi connectivity index (χ0) is 16.1. The summed E-state index contributed by atoms with van der Waals surface area (Å²) in [5, 5.41) is 18.8. The molecule has 1 atom stereocenters. The first kappa shape index (κ1) is 15.7. The van der Waals surface area contributed by atoms with Crippen LogP contribution in [0.15, 0.2) is 30.5 Å². The summed E-state index contributed by atoms with van der Waals surface area (Å²) in [7, 11) is 0. The van der Waals surface area contributed by atoms with E-state index in [2.05, 4.69) is 21.7 Å². The number of carboxylic acids is 1. The van der Waals surface area contributed by atoms with Gasteiger partial charge in [-0.05, 0) is 25.8 Å². The molecule has 0 bridgehead atoms. The van der Waals surface area contributed by atoms with Gasteiger partial charge in [0.15, 0.2) is 5.69 Å². The third-order valence-electron chi connectivity index (χ3n) is 3.07. The number of aromatic nitrogens is 3. The Labute approximate surface area is 128 Å². The van der Waals surface area contributed by atoms with Crippen molar-refractivity contribution in [2.75, 3.05) is 0 Å². The van der Waals surface area contributed by atoms with Crippen LogP contribution in [0, 0.1) is 6.92 Å². The van der Waals surface area contributed by atoms with Crippen LogP contribution < -0.4 is 5.32 Å². The molecular formula is C15H18N4O3. The lowest BCUT2D eigenvalue weighted by Gasteiger charge is -2.13. The predicted octanol–water partition coefficient (Wildman–Crippen LogP) is 1.03. The third kappa shape index (κ3) is 4.41. The van der Waals surface area contributed by atoms with E-state index in [0.29, 0.717) is 6.42 Å². The Kier molecular flexibility index (Phi) is 4.88. The molecule has 116 valence electrons. The van der Waals surface area contributed by atoms with E-state index in [1.54, 1.807) is 0 Å². The van der Waals surface area contributed by atoms with Crippen molar-refractivity contribution in [3.05, 3.63) is 47.3 Å². The first-order chi connectivity index (χ1) is 10.4. The Bertz CT molecular complexity index is 681. The van der Waals surface area contributed by atoms with Gasteiger partial charge in [0.1, 0.15) is 6.54 Å². The lowest BCUT2D eigenvalue weighted by Crippen LogP contribution is -2.34. The van der Waals surface area contributed by atoms with Gasteiger partial charge in [-0.1, -0.05) is 35.0 Å². The molecule has 0 aliphatic carbocycles. The third-order valence-corrected chi connectivity index (χ3v) is 3.07. The van der Waals surface area contributed by atoms with Crippen molar-refractivity contribution in [2.45, 2.75) is 32.9 Å². The number of benzene rings is 1. The molecule has 2 rings (SSSR count). The molecule has 2 N–H and O–H groups in total. The highest BCUT2D eigenvalue weighted by Crippen LogP contribution is 2.07. The lowest BCUT2D eigenvalue weighted by molar-refractivity contribution is -0.137. The molecule has 0 saturated carbocycles. The second-order valence-corrected chi connectivity index (χ2v) is 5.26. The summed E-state index contributed by atoms with van der Waals surface area (Å²) in [5.74, 6) is -1.40. The maximum atomic E-state index is 12.0. The Morgan fingerprint density at radius 1 is 1.41 bits per heavy atom. The average molecular weight is 302 g/mol. The standard InChI is InChI=1S/C15H18N4O3/c1-10-4-3-5-12(6-10)7-11(2)16-15(22)13-8-19(18-17-13)9-14(20)21/h3-6,8,11H,7,9H2,1-2H3,(H,16,22)(H,20,21). The van der Waals surface area contributed by atoms with Gasteiger partial charge in [-0.25, -0.2) is 4.68 Å². The van der Waals surface area contributed by atoms with Gasteiger partial charge in [0.25, 0.3) is 5.91 Å². The van der Waals surface area contributed by atoms with Crippen LogP contribution in [-0.2, 0) is 17.8 Å². The van der Waals surface area contributed by atoms with E-state index in [9.17, 15) is 9.59 Å². The minimum atomic E-state index is -1.04. The summed E-state index contributed by atoms with van der Waals surface area (Å²) in [6.07, 6.45) is 2.03. The van der Waals surface area contributed by atoms with Crippen LogP contribution in [0.25, 0.3) is 0 Å². The van der Waals surface area contributed by atoms with Crippen LogP contribution in [0.5, 0.6) is 0 Å². The molecule has 7 nitrogen and oxygen atoms in total. The number of hydrogen-bond donors (Lipinski definition) is 2. The van der Waals surface area contributed by atoms with Crippen LogP contribution in [-0.4, -0.2) is 38.0 Å². The molecule has 1 unspecified atom stereocenters. The van der Waals surface area contributed by atoms with Crippen molar-refractivity contribution < 1.29 is 14.7 Å². The number of carbonyl (C=O) groups is 2. The summed E-state index contributed by atoms with van der Waals surface area (Å²) >= 11 is 0. The summed E-state index contributed by atoms with van der Waals surface area (Å²) in [5.41, 5.74) is 2.42. The number of nitrogens with one attached hydrogen (secondary N) is 1. The van der Waals surface area contributed by atoms with Gasteiger partial charge < -0.3 is 10.4 Å². The number of carbonyl (C=O) groups excluding carboxylic acids is 1. The Morgan fingerprint density at radius 3 is 2.86 bits per heavy atom. The predicted molar refractivity (Wildman–Crippen MR) is 79.5 cm³/mol. The fourth-order valence-electron chi connectivity index (χ4n) is 2.16. The second-order valence-electron chi connectivity index (χ2n) is 5.26. The average Bonchev–Trinajstić information content (AvgIpc) is 2.86. The molecular weight excluding hydrogens is 284 g/mol. The van der Waals surface area contributed by atoms with Gasteiger partial charge in [-0.3, -0.25) is 9.59 Å². The molecule has 0 aliphatic rings. The van der Waals surface area contributed by atoms with Gasteiger partial charge in [-0.2, -0.15) is 0 Å². The topological polar surface area (TPSA) is 97.1 Å². The molecule has 1 aromatic heterocycles. The van der Waals surface area contributed by atoms with Crippen molar-refractivity contribution in [1.29, 1.82) is 0 Å². The number of nitrogens with zero attached hydrogens (tertiary/aromatic N) is 3. The molecule has 0 aliphatic heterocycles. The Morgan fingerprint density at radius 2 is 2.18 bits per heavy atom. The van der Waals surface area contributed by atoms with E-state index >= 15 is 0 Å². The van der Waals surface area contributed by atoms with Crippen molar-refractivity contribution in [3.8, 4) is 0 Å². The second kappa shape index (κ2) is 6.84. The molecule has 0 spiro atoms. The van der Waals surface area contributed by atoms with E-state index in [-0.39, 0.29) is 24.2 Å². The number of amides is 1. The van der Waals surface area contributed by atoms with Gasteiger partial charge in [0.05, 0.1) is 6.20 Å². The quantitative estimate of drug-likeness (QED) is 0.830. The number of aliphatic carboxylic acids is 1. The minimum Gasteiger partial charge on any atom is -0.480 e. The monoisotopic (exact) mass is 302 g/mol. The van der Waals surface area contributed by atoms with E-state index in [4.69, 9.17) is 5.11 Å². The largest absolute Gasteiger partial charge is 0.480 e. The van der Waals surface area contributed by atoms with E-state index in [1.165, 1.54) is 11.8 Å². The van der Waals surface area contributed by atoms with E-state index in [0.717, 1.165) is 10.2 Å². The highest BCUT2D eigenvalue weighted by molar-refractivity contribution is 5.92. The van der Waals surface area contributed by atoms with Gasteiger partial charge in [0.2, 0.25) is 0 Å². The first-order valence-corrected chi connectivity index (χ1v) is 6.92. The molecule has 1 aromatic carbocycles. The molecule has 2 aromatic rings. The van der Waals surface area contributed by atoms with Crippen molar-refractivity contribution in [1.82, 2.24) is 20.3 Å². The number of aryl methyl sites for hydroxylation is 1. The molecule has 22 heavy (non-hydrogen) atoms. The van der Waals surface area contributed by atoms with Gasteiger partial charge in [-0.15, -0.1) is 5.10 Å². The number of rotatable bonds is 6. The summed E-state index contributed by atoms with van der Waals surface area (Å²) in [4.78, 5) is 22.6. The first-order valence-electron chi connectivity index (χ1n) is 6.92. The van der Waals surface area contributed by atoms with Gasteiger partial charge >= 0.3 is 5.97 Å². The van der Waals surface area contributed by atoms with Crippen molar-refractivity contribution in [2.24, 2.45) is 0 Å². The smallest absolute Gasteiger partial charge is 0.325 e. The summed E-state index contributed by atoms with van der Waals surface area (Å²) in [6, 6.07) is 8.02. The van der Waals surface area contributed by atoms with E-state index < -0.39 is 5.97 Å². The summed E-state index contributed by atoms with van der Waals surface area (Å²) in [6.45, 7) is 3.61. The lowest BCUT2D eigenvalue weighted by atomic mass is 10.0. The summed E-state index contributed by atoms with van der Waals surface area (Å²) < 4.78 is 1.11. The normalized spacial score (nSPS) is 11.9. The Balaban J connectivity index is 1.93. The molecule has 0 fully saturated rings. The van der Waals surface area contributed by atoms with Crippen LogP contribution in [0.1, 0.15) is 28.5 Å². The number of carboxylic acid groups (broad SMARTS) is 1. The number of hydrogen-bond acceptors (Lipinski definition) is 4. The molecule has 1 amide bonds. The van der Waals surface area contributed by atoms with E-state index in [1.807, 2.05) is 32.0 Å². The maximum absolute atomic E-state index is 12.0. The fourth-order valence-corrected chi connectivity index (χ4v) is 2.16. The van der Waals surface area contributed by atoms with Crippen LogP contribution in [0.3, 0.4) is 0 Å². The van der Waals surface area contributed by atoms with Crippen LogP contribution in [0.2, 0.25) is 0 Å². The molecule has 0 radical (unpaired) electrons. The fraction of sp³-hybridized carbons (Fsp3) is 0.333. The van der Waals surface area contributed by atoms with Gasteiger partial charge in [0, 0.05) is 6.04 Å². The SMILES string of the molecule is Cc1cccc(CC(C)NC(=O)c2cn(CC(=O)O)nn2)c1. The highest BCUT2D eigenvalue weighted by atomic mass is 16.4. The maximum Gasteiger partial charge on any atom is 0.325 e. The minimum absolute atomic E-state index is 0.0704. The molecule has 7 heteroatoms. The highest BCUT2D eigenvalue weighted by Gasteiger charge is 2.14. The van der Waals surface area contributed by atoms with Crippen molar-refractivity contribution in [3.63, 3.8) is 0 Å². The van der Waals surface area contributed by atoms with Crippen molar-refractivity contribution >= 4 is 11.9 Å².